The highest BCUT2D eigenvalue weighted by atomic mass is 32.1. The predicted molar refractivity (Wildman–Crippen MR) is 48.5 cm³/mol. The first-order chi connectivity index (χ1) is 4.81. The summed E-state index contributed by atoms with van der Waals surface area (Å²) in [6.45, 7) is 6.47. The Balaban J connectivity index is 3.55. The molecule has 0 heterocycles. The van der Waals surface area contributed by atoms with E-state index in [1.807, 2.05) is 12.2 Å². The minimum atomic E-state index is 0.614. The van der Waals surface area contributed by atoms with Crippen LogP contribution in [0, 0.1) is 0 Å². The van der Waals surface area contributed by atoms with E-state index in [4.69, 9.17) is 0 Å². The van der Waals surface area contributed by atoms with Crippen molar-refractivity contribution in [3.05, 3.63) is 24.3 Å². The standard InChI is InChI=1S/C8H11NS/c1-3-8(2)5-4-6-9-7-10/h4-5H,2-3,6H2,1H3. The fourth-order valence-electron chi connectivity index (χ4n) is 0.427. The normalized spacial score (nSPS) is 9.30. The molecule has 0 N–H and O–H groups in total. The molecule has 0 aliphatic carbocycles. The molecule has 0 saturated carbocycles. The fourth-order valence-corrected chi connectivity index (χ4v) is 0.502. The van der Waals surface area contributed by atoms with E-state index in [0.29, 0.717) is 6.54 Å². The lowest BCUT2D eigenvalue weighted by molar-refractivity contribution is 1.15. The van der Waals surface area contributed by atoms with Gasteiger partial charge >= 0.3 is 0 Å². The summed E-state index contributed by atoms with van der Waals surface area (Å²) in [5.41, 5.74) is 1.11. The van der Waals surface area contributed by atoms with Gasteiger partial charge in [0, 0.05) is 0 Å². The first kappa shape index (κ1) is 9.28. The maximum absolute atomic E-state index is 4.39. The first-order valence-electron chi connectivity index (χ1n) is 3.19. The molecule has 0 bridgehead atoms. The first-order valence-corrected chi connectivity index (χ1v) is 3.60. The molecule has 54 valence electrons. The molecule has 1 nitrogen and oxygen atoms in total. The highest BCUT2D eigenvalue weighted by Gasteiger charge is 1.78. The van der Waals surface area contributed by atoms with Crippen LogP contribution in [0.2, 0.25) is 0 Å². The summed E-state index contributed by atoms with van der Waals surface area (Å²) in [4.78, 5) is 3.71. The molecule has 0 fully saturated rings. The molecule has 0 radical (unpaired) electrons. The summed E-state index contributed by atoms with van der Waals surface area (Å²) < 4.78 is 0. The zero-order valence-corrected chi connectivity index (χ0v) is 6.95. The van der Waals surface area contributed by atoms with Gasteiger partial charge in [0.25, 0.3) is 0 Å². The molecule has 0 atom stereocenters. The second kappa shape index (κ2) is 6.40. The van der Waals surface area contributed by atoms with E-state index in [0.717, 1.165) is 12.0 Å². The fraction of sp³-hybridized carbons (Fsp3) is 0.375. The number of isothiocyanates is 1. The second-order valence-electron chi connectivity index (χ2n) is 1.85. The van der Waals surface area contributed by atoms with Crippen molar-refractivity contribution in [2.24, 2.45) is 4.99 Å². The number of hydrogen-bond acceptors (Lipinski definition) is 2. The Kier molecular flexibility index (Phi) is 5.94. The molecule has 0 aliphatic heterocycles. The van der Waals surface area contributed by atoms with E-state index in [1.54, 1.807) is 0 Å². The molecule has 0 aliphatic rings. The Hall–Kier alpha value is -0.720. The third-order valence-electron chi connectivity index (χ3n) is 1.07. The van der Waals surface area contributed by atoms with Gasteiger partial charge in [-0.15, -0.1) is 0 Å². The van der Waals surface area contributed by atoms with Gasteiger partial charge in [-0.25, -0.2) is 4.99 Å². The highest BCUT2D eigenvalue weighted by Crippen LogP contribution is 1.96. The van der Waals surface area contributed by atoms with Crippen LogP contribution in [-0.2, 0) is 0 Å². The lowest BCUT2D eigenvalue weighted by atomic mass is 10.2. The van der Waals surface area contributed by atoms with E-state index in [2.05, 4.69) is 35.9 Å². The van der Waals surface area contributed by atoms with E-state index in [9.17, 15) is 0 Å². The molecule has 0 saturated heterocycles. The topological polar surface area (TPSA) is 12.4 Å². The molecule has 0 aromatic heterocycles. The molecule has 0 rings (SSSR count). The van der Waals surface area contributed by atoms with Crippen molar-refractivity contribution in [3.63, 3.8) is 0 Å². The van der Waals surface area contributed by atoms with E-state index in [-0.39, 0.29) is 0 Å². The van der Waals surface area contributed by atoms with Crippen molar-refractivity contribution >= 4 is 17.4 Å². The molecule has 0 unspecified atom stereocenters. The summed E-state index contributed by atoms with van der Waals surface area (Å²) in [5.74, 6) is 0. The Morgan fingerprint density at radius 3 is 3.00 bits per heavy atom. The van der Waals surface area contributed by atoms with Crippen LogP contribution in [0.3, 0.4) is 0 Å². The average molecular weight is 153 g/mol. The van der Waals surface area contributed by atoms with Crippen molar-refractivity contribution in [3.8, 4) is 0 Å². The zero-order valence-electron chi connectivity index (χ0n) is 6.13. The van der Waals surface area contributed by atoms with E-state index >= 15 is 0 Å². The van der Waals surface area contributed by atoms with Gasteiger partial charge in [0.2, 0.25) is 0 Å². The number of allylic oxidation sites excluding steroid dienone is 2. The zero-order chi connectivity index (χ0) is 7.82. The van der Waals surface area contributed by atoms with Crippen molar-refractivity contribution in [1.29, 1.82) is 0 Å². The predicted octanol–water partition coefficient (Wildman–Crippen LogP) is 2.61. The Morgan fingerprint density at radius 2 is 2.50 bits per heavy atom. The second-order valence-corrected chi connectivity index (χ2v) is 2.03. The third kappa shape index (κ3) is 5.42. The quantitative estimate of drug-likeness (QED) is 0.343. The van der Waals surface area contributed by atoms with Crippen LogP contribution in [0.25, 0.3) is 0 Å². The van der Waals surface area contributed by atoms with Crippen molar-refractivity contribution in [2.45, 2.75) is 13.3 Å². The maximum Gasteiger partial charge on any atom is 0.0677 e. The number of hydrogen-bond donors (Lipinski definition) is 0. The summed E-state index contributed by atoms with van der Waals surface area (Å²) in [7, 11) is 0. The van der Waals surface area contributed by atoms with Gasteiger partial charge in [-0.2, -0.15) is 0 Å². The largest absolute Gasteiger partial charge is 0.228 e. The maximum atomic E-state index is 4.39. The highest BCUT2D eigenvalue weighted by molar-refractivity contribution is 7.78. The van der Waals surface area contributed by atoms with Crippen LogP contribution in [0.5, 0.6) is 0 Å². The van der Waals surface area contributed by atoms with Crippen LogP contribution in [0.4, 0.5) is 0 Å². The summed E-state index contributed by atoms with van der Waals surface area (Å²) in [6, 6.07) is 0. The van der Waals surface area contributed by atoms with Crippen LogP contribution in [0.1, 0.15) is 13.3 Å². The smallest absolute Gasteiger partial charge is 0.0677 e. The van der Waals surface area contributed by atoms with Gasteiger partial charge in [-0.05, 0) is 18.6 Å². The van der Waals surface area contributed by atoms with Crippen LogP contribution in [0.15, 0.2) is 29.3 Å². The van der Waals surface area contributed by atoms with Gasteiger partial charge in [0.1, 0.15) is 0 Å². The molecular weight excluding hydrogens is 142 g/mol. The van der Waals surface area contributed by atoms with Crippen molar-refractivity contribution in [1.82, 2.24) is 0 Å². The van der Waals surface area contributed by atoms with E-state index < -0.39 is 0 Å². The molecule has 0 amide bonds. The Morgan fingerprint density at radius 1 is 1.80 bits per heavy atom. The van der Waals surface area contributed by atoms with E-state index in [1.165, 1.54) is 0 Å². The molecule has 0 aromatic carbocycles. The summed E-state index contributed by atoms with van der Waals surface area (Å²) in [6.07, 6.45) is 4.86. The molecule has 0 spiro atoms. The van der Waals surface area contributed by atoms with Gasteiger partial charge in [0.05, 0.1) is 11.7 Å². The lowest BCUT2D eigenvalue weighted by Crippen LogP contribution is -1.72. The van der Waals surface area contributed by atoms with Crippen molar-refractivity contribution in [2.75, 3.05) is 6.54 Å². The third-order valence-corrected chi connectivity index (χ3v) is 1.20. The number of aliphatic imine (C=N–C) groups is 1. The molecular formula is C8H11NS. The minimum Gasteiger partial charge on any atom is -0.228 e. The van der Waals surface area contributed by atoms with Gasteiger partial charge in [-0.3, -0.25) is 0 Å². The van der Waals surface area contributed by atoms with Gasteiger partial charge in [0.15, 0.2) is 0 Å². The monoisotopic (exact) mass is 153 g/mol. The lowest BCUT2D eigenvalue weighted by Gasteiger charge is -1.88. The van der Waals surface area contributed by atoms with Crippen molar-refractivity contribution < 1.29 is 0 Å². The number of nitrogens with zero attached hydrogens (tertiary/aromatic N) is 1. The van der Waals surface area contributed by atoms with Crippen LogP contribution in [-0.4, -0.2) is 11.7 Å². The van der Waals surface area contributed by atoms with Gasteiger partial charge in [-0.1, -0.05) is 31.2 Å². The SMILES string of the molecule is C=C(C=CCN=C=S)CC. The Labute approximate surface area is 67.2 Å². The number of rotatable bonds is 4. The summed E-state index contributed by atoms with van der Waals surface area (Å²) >= 11 is 4.39. The summed E-state index contributed by atoms with van der Waals surface area (Å²) in [5, 5.41) is 2.29. The molecule has 2 heteroatoms. The molecule has 10 heavy (non-hydrogen) atoms. The molecule has 0 aromatic rings. The average Bonchev–Trinajstić information content (AvgIpc) is 1.98. The number of thiocarbonyl (C=S) groups is 1. The van der Waals surface area contributed by atoms with Crippen LogP contribution >= 0.6 is 12.2 Å². The Bertz CT molecular complexity index is 176. The minimum absolute atomic E-state index is 0.614. The van der Waals surface area contributed by atoms with Gasteiger partial charge < -0.3 is 0 Å². The van der Waals surface area contributed by atoms with Crippen LogP contribution < -0.4 is 0 Å².